The molecule has 7 nitrogen and oxygen atoms in total. The molecular formula is C25H44N2O5SSi. The molecule has 34 heavy (non-hydrogen) atoms. The van der Waals surface area contributed by atoms with Crippen LogP contribution in [0.4, 0.5) is 4.79 Å². The van der Waals surface area contributed by atoms with Gasteiger partial charge < -0.3 is 19.2 Å². The van der Waals surface area contributed by atoms with Gasteiger partial charge >= 0.3 is 12.1 Å². The van der Waals surface area contributed by atoms with Crippen LogP contribution in [-0.2, 0) is 13.9 Å². The van der Waals surface area contributed by atoms with Gasteiger partial charge in [-0.15, -0.1) is 11.3 Å². The molecular weight excluding hydrogens is 468 g/mol. The predicted molar refractivity (Wildman–Crippen MR) is 139 cm³/mol. The second kappa shape index (κ2) is 11.5. The van der Waals surface area contributed by atoms with E-state index in [0.717, 1.165) is 19.3 Å². The van der Waals surface area contributed by atoms with Crippen LogP contribution in [0.2, 0.25) is 18.1 Å². The average Bonchev–Trinajstić information content (AvgIpc) is 3.19. The lowest BCUT2D eigenvalue weighted by molar-refractivity contribution is 0.0404. The van der Waals surface area contributed by atoms with Crippen LogP contribution >= 0.6 is 11.3 Å². The molecule has 1 aromatic rings. The highest BCUT2D eigenvalue weighted by Crippen LogP contribution is 2.42. The van der Waals surface area contributed by atoms with Gasteiger partial charge in [-0.05, 0) is 51.2 Å². The Morgan fingerprint density at radius 2 is 1.76 bits per heavy atom. The topological polar surface area (TPSA) is 86.8 Å². The number of carbonyl (C=O) groups excluding carboxylic acids is 2. The normalized spacial score (nSPS) is 17.7. The van der Waals surface area contributed by atoms with Crippen molar-refractivity contribution in [3.05, 3.63) is 16.1 Å². The Morgan fingerprint density at radius 1 is 1.15 bits per heavy atom. The van der Waals surface area contributed by atoms with Crippen LogP contribution < -0.4 is 5.32 Å². The number of hydrogen-bond donors (Lipinski definition) is 1. The van der Waals surface area contributed by atoms with Gasteiger partial charge in [0, 0.05) is 0 Å². The van der Waals surface area contributed by atoms with Crippen molar-refractivity contribution in [3.8, 4) is 0 Å². The Labute approximate surface area is 210 Å². The lowest BCUT2D eigenvalue weighted by Gasteiger charge is -2.41. The number of esters is 1. The molecule has 9 heteroatoms. The zero-order chi connectivity index (χ0) is 25.7. The Bertz CT molecular complexity index is 822. The number of rotatable bonds is 8. The Kier molecular flexibility index (Phi) is 9.75. The van der Waals surface area contributed by atoms with Gasteiger partial charge in [0.25, 0.3) is 0 Å². The number of hydrogen-bond acceptors (Lipinski definition) is 7. The zero-order valence-electron chi connectivity index (χ0n) is 22.4. The first-order valence-electron chi connectivity index (χ1n) is 12.3. The first kappa shape index (κ1) is 28.8. The molecule has 1 aromatic heterocycles. The molecule has 2 atom stereocenters. The van der Waals surface area contributed by atoms with Crippen LogP contribution in [0.15, 0.2) is 6.20 Å². The van der Waals surface area contributed by atoms with Crippen LogP contribution in [0.3, 0.4) is 0 Å². The van der Waals surface area contributed by atoms with Gasteiger partial charge in [0.2, 0.25) is 0 Å². The van der Waals surface area contributed by atoms with Crippen molar-refractivity contribution in [1.29, 1.82) is 0 Å². The van der Waals surface area contributed by atoms with Crippen LogP contribution in [0.25, 0.3) is 0 Å². The van der Waals surface area contributed by atoms with Crippen LogP contribution in [-0.4, -0.2) is 44.1 Å². The molecule has 0 radical (unpaired) electrons. The minimum Gasteiger partial charge on any atom is -0.465 e. The van der Waals surface area contributed by atoms with Gasteiger partial charge in [0.15, 0.2) is 8.32 Å². The largest absolute Gasteiger partial charge is 0.465 e. The molecule has 0 bridgehead atoms. The number of amides is 1. The molecule has 1 aliphatic carbocycles. The average molecular weight is 513 g/mol. The minimum absolute atomic E-state index is 0.0327. The Hall–Kier alpha value is -1.45. The first-order valence-corrected chi connectivity index (χ1v) is 16.1. The lowest BCUT2D eigenvalue weighted by atomic mass is 9.84. The molecule has 2 rings (SSSR count). The zero-order valence-corrected chi connectivity index (χ0v) is 24.3. The van der Waals surface area contributed by atoms with Gasteiger partial charge in [0.05, 0.1) is 19.3 Å². The predicted octanol–water partition coefficient (Wildman–Crippen LogP) is 6.86. The number of alkyl carbamates (subject to hydrolysis) is 1. The van der Waals surface area contributed by atoms with Crippen molar-refractivity contribution in [2.75, 3.05) is 7.11 Å². The molecule has 0 aromatic carbocycles. The van der Waals surface area contributed by atoms with E-state index in [1.165, 1.54) is 37.7 Å². The summed E-state index contributed by atoms with van der Waals surface area (Å²) in [6.07, 6.45) is 7.36. The van der Waals surface area contributed by atoms with E-state index in [1.54, 1.807) is 6.20 Å². The van der Waals surface area contributed by atoms with Crippen molar-refractivity contribution >= 4 is 31.7 Å². The second-order valence-corrected chi connectivity index (χ2v) is 17.7. The van der Waals surface area contributed by atoms with Crippen molar-refractivity contribution in [3.63, 3.8) is 0 Å². The van der Waals surface area contributed by atoms with Crippen LogP contribution in [0.5, 0.6) is 0 Å². The van der Waals surface area contributed by atoms with Gasteiger partial charge in [-0.3, -0.25) is 0 Å². The van der Waals surface area contributed by atoms with Gasteiger partial charge in [-0.25, -0.2) is 14.6 Å². The third-order valence-corrected chi connectivity index (χ3v) is 12.3. The van der Waals surface area contributed by atoms with Crippen molar-refractivity contribution in [1.82, 2.24) is 10.3 Å². The smallest absolute Gasteiger partial charge is 0.407 e. The highest BCUT2D eigenvalue weighted by atomic mass is 32.1. The summed E-state index contributed by atoms with van der Waals surface area (Å²) in [6, 6.07) is -0.316. The summed E-state index contributed by atoms with van der Waals surface area (Å²) < 4.78 is 17.4. The van der Waals surface area contributed by atoms with E-state index >= 15 is 0 Å². The molecule has 0 saturated heterocycles. The Balaban J connectivity index is 2.45. The molecule has 0 unspecified atom stereocenters. The fourth-order valence-electron chi connectivity index (χ4n) is 3.91. The van der Waals surface area contributed by atoms with E-state index < -0.39 is 32.1 Å². The monoisotopic (exact) mass is 512 g/mol. The number of ether oxygens (including phenoxy) is 2. The number of thiazole rings is 1. The molecule has 194 valence electrons. The molecule has 1 heterocycles. The third kappa shape index (κ3) is 8.34. The molecule has 0 spiro atoms. The number of aromatic nitrogens is 1. The summed E-state index contributed by atoms with van der Waals surface area (Å²) in [5, 5.41) is 3.78. The highest BCUT2D eigenvalue weighted by Gasteiger charge is 2.43. The van der Waals surface area contributed by atoms with Crippen molar-refractivity contribution in [2.45, 2.75) is 116 Å². The second-order valence-electron chi connectivity index (χ2n) is 11.8. The number of nitrogens with zero attached hydrogens (tertiary/aromatic N) is 1. The summed E-state index contributed by atoms with van der Waals surface area (Å²) in [7, 11) is -0.883. The van der Waals surface area contributed by atoms with E-state index in [0.29, 0.717) is 15.8 Å². The number of nitrogens with one attached hydrogen (secondary N) is 1. The fraction of sp³-hybridized carbons (Fsp3) is 0.800. The van der Waals surface area contributed by atoms with E-state index in [4.69, 9.17) is 13.9 Å². The van der Waals surface area contributed by atoms with Crippen LogP contribution in [0.1, 0.15) is 101 Å². The third-order valence-electron chi connectivity index (χ3n) is 6.76. The summed E-state index contributed by atoms with van der Waals surface area (Å²) >= 11 is 1.28. The summed E-state index contributed by atoms with van der Waals surface area (Å²) in [4.78, 5) is 30.0. The summed E-state index contributed by atoms with van der Waals surface area (Å²) in [6.45, 7) is 16.5. The molecule has 1 amide bonds. The molecule has 1 aliphatic rings. The lowest BCUT2D eigenvalue weighted by Crippen LogP contribution is -2.49. The standard InChI is InChI=1S/C25H44N2O5SSi/c1-24(2,3)31-23(29)27-18(15-17-13-11-10-12-14-17)20(32-34(8,9)25(4,5)6)21-26-16-19(33-21)22(28)30-7/h16-18,20H,10-15H2,1-9H3,(H,27,29)/t18-,20+/m1/s1. The van der Waals surface area contributed by atoms with Crippen molar-refractivity contribution in [2.24, 2.45) is 5.92 Å². The fourth-order valence-corrected chi connectivity index (χ4v) is 6.19. The van der Waals surface area contributed by atoms with Gasteiger partial charge in [-0.2, -0.15) is 0 Å². The number of methoxy groups -OCH3 is 1. The summed E-state index contributed by atoms with van der Waals surface area (Å²) in [5.41, 5.74) is -0.603. The Morgan fingerprint density at radius 3 is 2.29 bits per heavy atom. The minimum atomic E-state index is -2.25. The van der Waals surface area contributed by atoms with Gasteiger partial charge in [0.1, 0.15) is 21.6 Å². The maximum atomic E-state index is 12.9. The van der Waals surface area contributed by atoms with Crippen molar-refractivity contribution < 1.29 is 23.5 Å². The van der Waals surface area contributed by atoms with E-state index in [9.17, 15) is 9.59 Å². The van der Waals surface area contributed by atoms with Crippen LogP contribution in [0, 0.1) is 5.92 Å². The van der Waals surface area contributed by atoms with E-state index in [-0.39, 0.29) is 11.1 Å². The molecule has 1 saturated carbocycles. The van der Waals surface area contributed by atoms with Gasteiger partial charge in [-0.1, -0.05) is 52.9 Å². The number of carbonyl (C=O) groups is 2. The maximum absolute atomic E-state index is 12.9. The summed E-state index contributed by atoms with van der Waals surface area (Å²) in [5.74, 6) is 0.0815. The molecule has 1 N–H and O–H groups in total. The first-order chi connectivity index (χ1) is 15.6. The highest BCUT2D eigenvalue weighted by molar-refractivity contribution is 7.13. The maximum Gasteiger partial charge on any atom is 0.407 e. The SMILES string of the molecule is COC(=O)c1cnc([C@@H](O[Si](C)(C)C(C)(C)C)[C@@H](CC2CCCCC2)NC(=O)OC(C)(C)C)s1. The quantitative estimate of drug-likeness (QED) is 0.302. The van der Waals surface area contributed by atoms with E-state index in [1.807, 2.05) is 20.8 Å². The molecule has 1 fully saturated rings. The van der Waals surface area contributed by atoms with E-state index in [2.05, 4.69) is 44.2 Å². The molecule has 0 aliphatic heterocycles.